The number of carbonyl (C=O) groups is 1. The Hall–Kier alpha value is -4.90. The second-order valence-electron chi connectivity index (χ2n) is 8.33. The highest BCUT2D eigenvalue weighted by Gasteiger charge is 2.32. The largest absolute Gasteiger partial charge is 0.456 e. The van der Waals surface area contributed by atoms with E-state index in [0.29, 0.717) is 22.8 Å². The molecule has 0 spiro atoms. The first-order chi connectivity index (χ1) is 19.5. The van der Waals surface area contributed by atoms with Crippen molar-refractivity contribution >= 4 is 34.4 Å². The maximum absolute atomic E-state index is 13.5. The second kappa shape index (κ2) is 13.0. The van der Waals surface area contributed by atoms with E-state index in [0.717, 1.165) is 10.8 Å². The number of alkyl halides is 3. The topological polar surface area (TPSA) is 136 Å². The minimum absolute atomic E-state index is 0.0326. The lowest BCUT2D eigenvalue weighted by Crippen LogP contribution is -2.26. The molecule has 0 aliphatic heterocycles. The molecule has 4 rings (SSSR count). The Labute approximate surface area is 233 Å². The summed E-state index contributed by atoms with van der Waals surface area (Å²) >= 11 is 0. The predicted molar refractivity (Wildman–Crippen MR) is 146 cm³/mol. The van der Waals surface area contributed by atoms with Gasteiger partial charge in [-0.3, -0.25) is 9.59 Å². The Morgan fingerprint density at radius 1 is 1.20 bits per heavy atom. The predicted octanol–water partition coefficient (Wildman–Crippen LogP) is 5.19. The van der Waals surface area contributed by atoms with E-state index in [9.17, 15) is 28.0 Å². The van der Waals surface area contributed by atoms with Crippen molar-refractivity contribution in [3.8, 4) is 17.6 Å². The second-order valence-corrected chi connectivity index (χ2v) is 8.33. The molecule has 3 aromatic heterocycles. The minimum atomic E-state index is -4.70. The van der Waals surface area contributed by atoms with Crippen LogP contribution in [-0.2, 0) is 29.3 Å². The molecule has 0 radical (unpaired) electrons. The van der Waals surface area contributed by atoms with Crippen LogP contribution in [0.1, 0.15) is 31.9 Å². The molecule has 0 saturated carbocycles. The lowest BCUT2D eigenvalue weighted by Gasteiger charge is -2.14. The molecule has 0 aliphatic carbocycles. The van der Waals surface area contributed by atoms with Crippen molar-refractivity contribution in [2.75, 3.05) is 24.4 Å². The number of fused-ring (bicyclic) bond motifs is 1. The third kappa shape index (κ3) is 7.00. The van der Waals surface area contributed by atoms with Gasteiger partial charge < -0.3 is 29.2 Å². The molecular weight excluding hydrogens is 543 g/mol. The summed E-state index contributed by atoms with van der Waals surface area (Å²) in [5.74, 6) is 0.431. The Morgan fingerprint density at radius 2 is 1.93 bits per heavy atom. The van der Waals surface area contributed by atoms with Gasteiger partial charge in [-0.25, -0.2) is 9.97 Å². The molecule has 11 nitrogen and oxygen atoms in total. The van der Waals surface area contributed by atoms with Crippen LogP contribution >= 0.6 is 0 Å². The molecule has 0 aliphatic rings. The number of nitrogens with zero attached hydrogens (tertiary/aromatic N) is 5. The SMILES string of the molecule is CC.COCCn1cc(C(F)(F)F)cc(Nc2nc3ccc(Oc4ccnc(NC(C)=O)c4)c(C#N)c3n2C)c1=O. The van der Waals surface area contributed by atoms with E-state index in [1.807, 2.05) is 13.8 Å². The Bertz CT molecular complexity index is 1660. The van der Waals surface area contributed by atoms with Gasteiger partial charge in [0.05, 0.1) is 23.2 Å². The number of rotatable bonds is 8. The molecule has 4 aromatic rings. The number of nitrogens with one attached hydrogen (secondary N) is 2. The number of aromatic nitrogens is 4. The van der Waals surface area contributed by atoms with E-state index in [-0.39, 0.29) is 47.8 Å². The summed E-state index contributed by atoms with van der Waals surface area (Å²) in [4.78, 5) is 32.6. The molecule has 0 saturated heterocycles. The van der Waals surface area contributed by atoms with Crippen molar-refractivity contribution in [2.24, 2.45) is 7.05 Å². The number of ether oxygens (including phenoxy) is 2. The van der Waals surface area contributed by atoms with E-state index >= 15 is 0 Å². The number of hydrogen-bond donors (Lipinski definition) is 2. The number of aryl methyl sites for hydroxylation is 1. The first-order valence-electron chi connectivity index (χ1n) is 12.4. The molecule has 0 unspecified atom stereocenters. The zero-order valence-corrected chi connectivity index (χ0v) is 23.0. The highest BCUT2D eigenvalue weighted by molar-refractivity contribution is 5.88. The maximum atomic E-state index is 13.5. The number of amides is 1. The normalized spacial score (nSPS) is 10.9. The van der Waals surface area contributed by atoms with Gasteiger partial charge in [0.1, 0.15) is 34.6 Å². The molecule has 41 heavy (non-hydrogen) atoms. The maximum Gasteiger partial charge on any atom is 0.417 e. The van der Waals surface area contributed by atoms with Crippen molar-refractivity contribution in [3.05, 3.63) is 64.2 Å². The molecule has 14 heteroatoms. The third-order valence-corrected chi connectivity index (χ3v) is 5.57. The quantitative estimate of drug-likeness (QED) is 0.295. The van der Waals surface area contributed by atoms with Gasteiger partial charge in [0.25, 0.3) is 5.56 Å². The van der Waals surface area contributed by atoms with Gasteiger partial charge in [0.2, 0.25) is 11.9 Å². The average Bonchev–Trinajstić information content (AvgIpc) is 3.24. The first-order valence-corrected chi connectivity index (χ1v) is 12.4. The zero-order valence-electron chi connectivity index (χ0n) is 23.0. The third-order valence-electron chi connectivity index (χ3n) is 5.57. The number of halogens is 3. The molecule has 1 aromatic carbocycles. The summed E-state index contributed by atoms with van der Waals surface area (Å²) in [5.41, 5.74) is -1.33. The van der Waals surface area contributed by atoms with Gasteiger partial charge in [-0.15, -0.1) is 0 Å². The summed E-state index contributed by atoms with van der Waals surface area (Å²) in [5, 5.41) is 15.1. The van der Waals surface area contributed by atoms with Crippen LogP contribution in [0.3, 0.4) is 0 Å². The van der Waals surface area contributed by atoms with E-state index in [4.69, 9.17) is 9.47 Å². The molecular formula is C27H28F3N7O4. The number of benzene rings is 1. The zero-order chi connectivity index (χ0) is 30.3. The fourth-order valence-corrected chi connectivity index (χ4v) is 3.80. The van der Waals surface area contributed by atoms with Gasteiger partial charge in [-0.2, -0.15) is 18.4 Å². The van der Waals surface area contributed by atoms with Gasteiger partial charge in [0.15, 0.2) is 0 Å². The smallest absolute Gasteiger partial charge is 0.417 e. The van der Waals surface area contributed by atoms with Crippen molar-refractivity contribution in [2.45, 2.75) is 33.5 Å². The average molecular weight is 572 g/mol. The summed E-state index contributed by atoms with van der Waals surface area (Å²) in [6.07, 6.45) is -2.54. The van der Waals surface area contributed by atoms with Crippen LogP contribution in [-0.4, -0.2) is 38.7 Å². The molecule has 216 valence electrons. The number of pyridine rings is 2. The monoisotopic (exact) mass is 571 g/mol. The number of hydrogen-bond acceptors (Lipinski definition) is 8. The number of methoxy groups -OCH3 is 1. The molecule has 0 atom stereocenters. The van der Waals surface area contributed by atoms with E-state index < -0.39 is 17.3 Å². The highest BCUT2D eigenvalue weighted by Crippen LogP contribution is 2.34. The summed E-state index contributed by atoms with van der Waals surface area (Å²) in [7, 11) is 2.92. The number of carbonyl (C=O) groups excluding carboxylic acids is 1. The lowest BCUT2D eigenvalue weighted by molar-refractivity contribution is -0.138. The Morgan fingerprint density at radius 3 is 2.56 bits per heavy atom. The standard InChI is InChI=1S/C25H22F3N7O4.C2H6/c1-14(36)31-21-11-16(6-7-30-21)39-20-5-4-18-22(17(20)12-29)34(2)24(32-18)33-19-10-15(25(26,27)28)13-35(23(19)37)8-9-38-3;1-2/h4-7,10-11,13H,8-9H2,1-3H3,(H,32,33)(H,30,31,36);1-2H3. The van der Waals surface area contributed by atoms with Gasteiger partial charge in [-0.1, -0.05) is 13.8 Å². The van der Waals surface area contributed by atoms with Crippen LogP contribution < -0.4 is 20.9 Å². The molecule has 3 heterocycles. The lowest BCUT2D eigenvalue weighted by atomic mass is 10.1. The van der Waals surface area contributed by atoms with Gasteiger partial charge in [0, 0.05) is 46.1 Å². The Kier molecular flexibility index (Phi) is 9.69. The van der Waals surface area contributed by atoms with E-state index in [2.05, 4.69) is 26.7 Å². The van der Waals surface area contributed by atoms with Crippen LogP contribution in [0.15, 0.2) is 47.5 Å². The van der Waals surface area contributed by atoms with Crippen LogP contribution in [0, 0.1) is 11.3 Å². The molecule has 0 fully saturated rings. The van der Waals surface area contributed by atoms with Crippen molar-refractivity contribution in [1.29, 1.82) is 5.26 Å². The van der Waals surface area contributed by atoms with Gasteiger partial charge >= 0.3 is 6.18 Å². The van der Waals surface area contributed by atoms with E-state index in [1.54, 1.807) is 13.1 Å². The number of imidazole rings is 1. The number of nitriles is 1. The summed E-state index contributed by atoms with van der Waals surface area (Å²) in [6.45, 7) is 5.28. The van der Waals surface area contributed by atoms with Crippen LogP contribution in [0.5, 0.6) is 11.5 Å². The van der Waals surface area contributed by atoms with Crippen molar-refractivity contribution in [1.82, 2.24) is 19.1 Å². The summed E-state index contributed by atoms with van der Waals surface area (Å²) < 4.78 is 53.7. The van der Waals surface area contributed by atoms with E-state index in [1.165, 1.54) is 43.0 Å². The number of anilines is 3. The fraction of sp³-hybridized carbons (Fsp3) is 0.296. The Balaban J connectivity index is 0.00000226. The van der Waals surface area contributed by atoms with Crippen molar-refractivity contribution in [3.63, 3.8) is 0 Å². The van der Waals surface area contributed by atoms with Gasteiger partial charge in [-0.05, 0) is 24.3 Å². The molecule has 0 bridgehead atoms. The van der Waals surface area contributed by atoms with Crippen LogP contribution in [0.4, 0.5) is 30.6 Å². The van der Waals surface area contributed by atoms with Crippen LogP contribution in [0.25, 0.3) is 11.0 Å². The molecule has 2 N–H and O–H groups in total. The molecule has 1 amide bonds. The summed E-state index contributed by atoms with van der Waals surface area (Å²) in [6, 6.07) is 8.87. The van der Waals surface area contributed by atoms with Crippen molar-refractivity contribution < 1.29 is 27.4 Å². The fourth-order valence-electron chi connectivity index (χ4n) is 3.80. The highest BCUT2D eigenvalue weighted by atomic mass is 19.4. The first kappa shape index (κ1) is 30.6. The minimum Gasteiger partial charge on any atom is -0.456 e. The van der Waals surface area contributed by atoms with Crippen LogP contribution in [0.2, 0.25) is 0 Å².